The zero-order valence-corrected chi connectivity index (χ0v) is 14.0. The first-order chi connectivity index (χ1) is 10.7. The lowest BCUT2D eigenvalue weighted by Crippen LogP contribution is -2.06. The Morgan fingerprint density at radius 1 is 1.36 bits per heavy atom. The van der Waals surface area contributed by atoms with Gasteiger partial charge in [-0.1, -0.05) is 37.1 Å². The molecular weight excluding hydrogens is 312 g/mol. The average Bonchev–Trinajstić information content (AvgIpc) is 2.98. The number of hydrogen-bond donors (Lipinski definition) is 0. The molecule has 1 aliphatic rings. The smallest absolute Gasteiger partial charge is 0.134 e. The van der Waals surface area contributed by atoms with Gasteiger partial charge < -0.3 is 0 Å². The molecule has 1 aliphatic carbocycles. The van der Waals surface area contributed by atoms with Crippen LogP contribution < -0.4 is 0 Å². The Morgan fingerprint density at radius 2 is 2.14 bits per heavy atom. The number of nitriles is 1. The second kappa shape index (κ2) is 6.64. The van der Waals surface area contributed by atoms with Gasteiger partial charge in [-0.25, -0.2) is 4.98 Å². The number of allylic oxidation sites excluding steroid dienone is 2. The van der Waals surface area contributed by atoms with Crippen molar-refractivity contribution in [2.75, 3.05) is 0 Å². The number of aromatic nitrogens is 1. The molecule has 0 amide bonds. The molecule has 1 saturated carbocycles. The Kier molecular flexibility index (Phi) is 4.61. The highest BCUT2D eigenvalue weighted by atomic mass is 35.5. The van der Waals surface area contributed by atoms with E-state index in [0.29, 0.717) is 5.92 Å². The van der Waals surface area contributed by atoms with Gasteiger partial charge in [0.1, 0.15) is 11.1 Å². The molecule has 1 fully saturated rings. The van der Waals surface area contributed by atoms with Crippen molar-refractivity contribution in [2.45, 2.75) is 32.6 Å². The topological polar surface area (TPSA) is 36.7 Å². The first-order valence-electron chi connectivity index (χ1n) is 7.51. The van der Waals surface area contributed by atoms with Gasteiger partial charge in [-0.15, -0.1) is 11.3 Å². The fraction of sp³-hybridized carbons (Fsp3) is 0.333. The van der Waals surface area contributed by atoms with Crippen molar-refractivity contribution in [3.05, 3.63) is 45.2 Å². The molecule has 1 aromatic heterocycles. The van der Waals surface area contributed by atoms with Crippen molar-refractivity contribution in [3.8, 4) is 17.3 Å². The van der Waals surface area contributed by atoms with E-state index in [1.165, 1.54) is 18.4 Å². The maximum absolute atomic E-state index is 9.58. The molecule has 2 nitrogen and oxygen atoms in total. The van der Waals surface area contributed by atoms with Crippen LogP contribution in [-0.4, -0.2) is 4.98 Å². The van der Waals surface area contributed by atoms with Crippen LogP contribution in [0.25, 0.3) is 16.8 Å². The average molecular weight is 329 g/mol. The largest absolute Gasteiger partial charge is 0.235 e. The van der Waals surface area contributed by atoms with Crippen LogP contribution in [0.2, 0.25) is 5.02 Å². The van der Waals surface area contributed by atoms with E-state index in [-0.39, 0.29) is 0 Å². The highest BCUT2D eigenvalue weighted by Crippen LogP contribution is 2.35. The Balaban J connectivity index is 1.93. The molecule has 0 unspecified atom stereocenters. The Morgan fingerprint density at radius 3 is 2.82 bits per heavy atom. The van der Waals surface area contributed by atoms with E-state index < -0.39 is 0 Å². The van der Waals surface area contributed by atoms with Crippen LogP contribution in [0.1, 0.15) is 37.6 Å². The van der Waals surface area contributed by atoms with Gasteiger partial charge >= 0.3 is 0 Å². The minimum Gasteiger partial charge on any atom is -0.235 e. The maximum atomic E-state index is 9.58. The lowest BCUT2D eigenvalue weighted by molar-refractivity contribution is 0.454. The highest BCUT2D eigenvalue weighted by molar-refractivity contribution is 7.11. The Labute approximate surface area is 140 Å². The van der Waals surface area contributed by atoms with Crippen LogP contribution in [0.4, 0.5) is 0 Å². The molecule has 0 spiro atoms. The van der Waals surface area contributed by atoms with Crippen LogP contribution in [-0.2, 0) is 0 Å². The molecule has 0 bridgehead atoms. The molecule has 1 aromatic carbocycles. The summed E-state index contributed by atoms with van der Waals surface area (Å²) in [5, 5.41) is 13.2. The molecule has 2 aromatic rings. The van der Waals surface area contributed by atoms with Crippen molar-refractivity contribution < 1.29 is 0 Å². The summed E-state index contributed by atoms with van der Waals surface area (Å²) in [5.74, 6) is 0.669. The van der Waals surface area contributed by atoms with E-state index >= 15 is 0 Å². The minimum atomic E-state index is 0.669. The second-order valence-electron chi connectivity index (χ2n) is 5.84. The summed E-state index contributed by atoms with van der Waals surface area (Å²) in [6, 6.07) is 10.0. The summed E-state index contributed by atoms with van der Waals surface area (Å²) in [5.41, 5.74) is 4.01. The quantitative estimate of drug-likeness (QED) is 0.638. The van der Waals surface area contributed by atoms with Gasteiger partial charge in [-0.05, 0) is 42.9 Å². The zero-order valence-electron chi connectivity index (χ0n) is 12.5. The molecule has 3 rings (SSSR count). The molecule has 0 saturated heterocycles. The van der Waals surface area contributed by atoms with Crippen LogP contribution in [0, 0.1) is 17.2 Å². The predicted molar refractivity (Wildman–Crippen MR) is 92.7 cm³/mol. The standard InChI is InChI=1S/C18H17ClN2S/c1-12-3-2-4-14(9-12)16(10-20)18-21-17(11-22-18)13-5-7-15(19)8-6-13/h5-8,11-12H,2-4,9H2,1H3/b16-14+/t12-/m0/s1. The van der Waals surface area contributed by atoms with E-state index in [4.69, 9.17) is 11.6 Å². The fourth-order valence-corrected chi connectivity index (χ4v) is 3.93. The first-order valence-corrected chi connectivity index (χ1v) is 8.77. The summed E-state index contributed by atoms with van der Waals surface area (Å²) >= 11 is 7.48. The van der Waals surface area contributed by atoms with Crippen molar-refractivity contribution in [1.82, 2.24) is 4.98 Å². The van der Waals surface area contributed by atoms with Gasteiger partial charge in [0.05, 0.1) is 11.3 Å². The number of hydrogen-bond acceptors (Lipinski definition) is 3. The number of rotatable bonds is 2. The lowest BCUT2D eigenvalue weighted by atomic mass is 9.84. The molecule has 0 N–H and O–H groups in total. The van der Waals surface area contributed by atoms with Crippen LogP contribution >= 0.6 is 22.9 Å². The van der Waals surface area contributed by atoms with Crippen LogP contribution in [0.15, 0.2) is 35.2 Å². The minimum absolute atomic E-state index is 0.669. The summed E-state index contributed by atoms with van der Waals surface area (Å²) in [7, 11) is 0. The van der Waals surface area contributed by atoms with E-state index in [1.807, 2.05) is 29.6 Å². The van der Waals surface area contributed by atoms with E-state index in [0.717, 1.165) is 39.7 Å². The van der Waals surface area contributed by atoms with Gasteiger partial charge in [-0.3, -0.25) is 0 Å². The number of benzene rings is 1. The second-order valence-corrected chi connectivity index (χ2v) is 7.13. The summed E-state index contributed by atoms with van der Waals surface area (Å²) in [6.07, 6.45) is 4.50. The summed E-state index contributed by atoms with van der Waals surface area (Å²) in [4.78, 5) is 4.68. The van der Waals surface area contributed by atoms with Crippen molar-refractivity contribution in [2.24, 2.45) is 5.92 Å². The molecule has 1 heterocycles. The third-order valence-electron chi connectivity index (χ3n) is 4.09. The summed E-state index contributed by atoms with van der Waals surface area (Å²) in [6.45, 7) is 2.26. The van der Waals surface area contributed by atoms with Gasteiger partial charge in [0.15, 0.2) is 0 Å². The van der Waals surface area contributed by atoms with Crippen molar-refractivity contribution in [1.29, 1.82) is 5.26 Å². The third kappa shape index (κ3) is 3.24. The first kappa shape index (κ1) is 15.3. The molecule has 0 radical (unpaired) electrons. The molecular formula is C18H17ClN2S. The highest BCUT2D eigenvalue weighted by Gasteiger charge is 2.19. The van der Waals surface area contributed by atoms with Crippen LogP contribution in [0.5, 0.6) is 0 Å². The Hall–Kier alpha value is -1.63. The van der Waals surface area contributed by atoms with E-state index in [1.54, 1.807) is 11.3 Å². The van der Waals surface area contributed by atoms with Gasteiger partial charge in [0.2, 0.25) is 0 Å². The van der Waals surface area contributed by atoms with E-state index in [9.17, 15) is 5.26 Å². The predicted octanol–water partition coefficient (Wildman–Crippen LogP) is 5.95. The molecule has 112 valence electrons. The van der Waals surface area contributed by atoms with Crippen molar-refractivity contribution in [3.63, 3.8) is 0 Å². The fourth-order valence-electron chi connectivity index (χ4n) is 2.94. The van der Waals surface area contributed by atoms with Gasteiger partial charge in [0, 0.05) is 16.0 Å². The lowest BCUT2D eigenvalue weighted by Gasteiger charge is -2.21. The molecule has 1 atom stereocenters. The number of halogens is 1. The molecule has 0 aliphatic heterocycles. The normalized spacial score (nSPS) is 20.5. The van der Waals surface area contributed by atoms with Crippen LogP contribution in [0.3, 0.4) is 0 Å². The SMILES string of the molecule is C[C@H]1CCC/C(=C(/C#N)c2nc(-c3ccc(Cl)cc3)cs2)C1. The van der Waals surface area contributed by atoms with Gasteiger partial charge in [0.25, 0.3) is 0 Å². The monoisotopic (exact) mass is 328 g/mol. The van der Waals surface area contributed by atoms with E-state index in [2.05, 4.69) is 18.0 Å². The third-order valence-corrected chi connectivity index (χ3v) is 5.21. The van der Waals surface area contributed by atoms with Crippen molar-refractivity contribution >= 4 is 28.5 Å². The summed E-state index contributed by atoms with van der Waals surface area (Å²) < 4.78 is 0. The zero-order chi connectivity index (χ0) is 15.5. The van der Waals surface area contributed by atoms with Gasteiger partial charge in [-0.2, -0.15) is 5.26 Å². The maximum Gasteiger partial charge on any atom is 0.134 e. The Bertz CT molecular complexity index is 737. The number of thiazole rings is 1. The molecule has 22 heavy (non-hydrogen) atoms. The molecule has 4 heteroatoms. The number of nitrogens with zero attached hydrogens (tertiary/aromatic N) is 2.